The SMILES string of the molecule is CN(C)c1ccc(N(C)C(=O)[C@@H](CC(=O)Cn2nc(C(F)(F)F)c3c2CCCC3)Cc2ccccc2)cc1. The van der Waals surface area contributed by atoms with Crippen LogP contribution in [0.4, 0.5) is 24.5 Å². The summed E-state index contributed by atoms with van der Waals surface area (Å²) in [7, 11) is 5.54. The van der Waals surface area contributed by atoms with Crippen molar-refractivity contribution in [2.45, 2.75) is 51.2 Å². The van der Waals surface area contributed by atoms with Crippen LogP contribution in [0.25, 0.3) is 0 Å². The van der Waals surface area contributed by atoms with Crippen molar-refractivity contribution in [3.05, 3.63) is 77.1 Å². The highest BCUT2D eigenvalue weighted by atomic mass is 19.4. The number of hydrogen-bond donors (Lipinski definition) is 0. The van der Waals surface area contributed by atoms with E-state index >= 15 is 0 Å². The lowest BCUT2D eigenvalue weighted by molar-refractivity contribution is -0.142. The highest BCUT2D eigenvalue weighted by Gasteiger charge is 2.39. The molecular weight excluding hydrogens is 493 g/mol. The van der Waals surface area contributed by atoms with E-state index in [1.165, 1.54) is 9.58 Å². The van der Waals surface area contributed by atoms with E-state index in [0.717, 1.165) is 17.7 Å². The number of hydrogen-bond acceptors (Lipinski definition) is 4. The van der Waals surface area contributed by atoms with E-state index in [1.807, 2.05) is 73.6 Å². The maximum absolute atomic E-state index is 13.6. The Hall–Kier alpha value is -3.62. The fraction of sp³-hybridized carbons (Fsp3) is 0.414. The number of anilines is 2. The third-order valence-electron chi connectivity index (χ3n) is 7.08. The number of carbonyl (C=O) groups excluding carboxylic acids is 2. The first-order chi connectivity index (χ1) is 18.0. The van der Waals surface area contributed by atoms with Gasteiger partial charge in [0.05, 0.1) is 6.54 Å². The maximum Gasteiger partial charge on any atom is 0.435 e. The van der Waals surface area contributed by atoms with Gasteiger partial charge in [-0.2, -0.15) is 18.3 Å². The summed E-state index contributed by atoms with van der Waals surface area (Å²) in [6.07, 6.45) is -2.11. The van der Waals surface area contributed by atoms with Crippen LogP contribution in [0.1, 0.15) is 41.8 Å². The predicted molar refractivity (Wildman–Crippen MR) is 141 cm³/mol. The second-order valence-electron chi connectivity index (χ2n) is 10.1. The highest BCUT2D eigenvalue weighted by molar-refractivity contribution is 5.97. The molecule has 0 saturated carbocycles. The van der Waals surface area contributed by atoms with Gasteiger partial charge < -0.3 is 9.80 Å². The molecule has 1 aliphatic rings. The molecule has 0 bridgehead atoms. The van der Waals surface area contributed by atoms with Crippen molar-refractivity contribution in [2.24, 2.45) is 5.92 Å². The van der Waals surface area contributed by atoms with Gasteiger partial charge in [-0.1, -0.05) is 30.3 Å². The normalized spacial score (nSPS) is 14.1. The number of ketones is 1. The molecule has 6 nitrogen and oxygen atoms in total. The molecule has 202 valence electrons. The maximum atomic E-state index is 13.6. The summed E-state index contributed by atoms with van der Waals surface area (Å²) in [5.74, 6) is -1.21. The summed E-state index contributed by atoms with van der Waals surface area (Å²) in [6.45, 7) is -0.280. The molecule has 0 spiro atoms. The van der Waals surface area contributed by atoms with Crippen molar-refractivity contribution in [1.82, 2.24) is 9.78 Å². The smallest absolute Gasteiger partial charge is 0.378 e. The lowest BCUT2D eigenvalue weighted by atomic mass is 9.92. The Kier molecular flexibility index (Phi) is 8.23. The van der Waals surface area contributed by atoms with Crippen LogP contribution in [0, 0.1) is 5.92 Å². The van der Waals surface area contributed by atoms with Crippen molar-refractivity contribution >= 4 is 23.1 Å². The molecule has 0 N–H and O–H groups in total. The van der Waals surface area contributed by atoms with E-state index in [-0.39, 0.29) is 30.2 Å². The summed E-state index contributed by atoms with van der Waals surface area (Å²) in [5, 5.41) is 3.82. The second-order valence-corrected chi connectivity index (χ2v) is 10.1. The van der Waals surface area contributed by atoms with E-state index in [9.17, 15) is 22.8 Å². The molecule has 0 fully saturated rings. The van der Waals surface area contributed by atoms with Crippen LogP contribution in [-0.4, -0.2) is 42.6 Å². The summed E-state index contributed by atoms with van der Waals surface area (Å²) in [5.41, 5.74) is 2.40. The van der Waals surface area contributed by atoms with Gasteiger partial charge in [-0.15, -0.1) is 0 Å². The molecule has 0 unspecified atom stereocenters. The first kappa shape index (κ1) is 27.4. The molecule has 1 aromatic heterocycles. The standard InChI is InChI=1S/C29H33F3N4O2/c1-34(2)22-13-15-23(16-14-22)35(3)28(38)21(17-20-9-5-4-6-10-20)18-24(37)19-36-26-12-8-7-11-25(26)27(33-36)29(30,31)32/h4-6,9-10,13-16,21H,7-8,11-12,17-19H2,1-3H3/t21-/m1/s1. The molecule has 38 heavy (non-hydrogen) atoms. The van der Waals surface area contributed by atoms with Gasteiger partial charge in [0.1, 0.15) is 0 Å². The zero-order valence-corrected chi connectivity index (χ0v) is 22.0. The topological polar surface area (TPSA) is 58.4 Å². The fourth-order valence-electron chi connectivity index (χ4n) is 5.06. The minimum absolute atomic E-state index is 0.0934. The largest absolute Gasteiger partial charge is 0.435 e. The van der Waals surface area contributed by atoms with Crippen LogP contribution in [-0.2, 0) is 41.6 Å². The van der Waals surface area contributed by atoms with Gasteiger partial charge in [-0.25, -0.2) is 0 Å². The summed E-state index contributed by atoms with van der Waals surface area (Å²) in [6, 6.07) is 16.9. The van der Waals surface area contributed by atoms with Gasteiger partial charge in [-0.05, 0) is 61.9 Å². The van der Waals surface area contributed by atoms with Crippen LogP contribution in [0.2, 0.25) is 0 Å². The number of carbonyl (C=O) groups is 2. The molecule has 4 rings (SSSR count). The van der Waals surface area contributed by atoms with Gasteiger partial charge in [0.25, 0.3) is 0 Å². The van der Waals surface area contributed by atoms with Crippen LogP contribution in [0.15, 0.2) is 54.6 Å². The molecular formula is C29H33F3N4O2. The highest BCUT2D eigenvalue weighted by Crippen LogP contribution is 2.36. The Morgan fingerprint density at radius 1 is 0.947 bits per heavy atom. The zero-order valence-electron chi connectivity index (χ0n) is 22.0. The lowest BCUT2D eigenvalue weighted by Crippen LogP contribution is -2.35. The van der Waals surface area contributed by atoms with E-state index in [0.29, 0.717) is 37.1 Å². The van der Waals surface area contributed by atoms with Crippen molar-refractivity contribution in [1.29, 1.82) is 0 Å². The monoisotopic (exact) mass is 526 g/mol. The van der Waals surface area contributed by atoms with Crippen LogP contribution in [0.3, 0.4) is 0 Å². The van der Waals surface area contributed by atoms with E-state index in [2.05, 4.69) is 5.10 Å². The number of amides is 1. The minimum atomic E-state index is -4.56. The first-order valence-electron chi connectivity index (χ1n) is 12.8. The van der Waals surface area contributed by atoms with Crippen LogP contribution < -0.4 is 9.80 Å². The Balaban J connectivity index is 1.55. The Bertz CT molecular complexity index is 1270. The molecule has 0 aliphatic heterocycles. The van der Waals surface area contributed by atoms with Crippen molar-refractivity contribution in [3.8, 4) is 0 Å². The van der Waals surface area contributed by atoms with Crippen LogP contribution in [0.5, 0.6) is 0 Å². The minimum Gasteiger partial charge on any atom is -0.378 e. The molecule has 2 aromatic carbocycles. The Morgan fingerprint density at radius 2 is 1.58 bits per heavy atom. The average Bonchev–Trinajstić information content (AvgIpc) is 3.27. The molecule has 1 amide bonds. The molecule has 9 heteroatoms. The Labute approximate surface area is 221 Å². The van der Waals surface area contributed by atoms with E-state index in [4.69, 9.17) is 0 Å². The third-order valence-corrected chi connectivity index (χ3v) is 7.08. The van der Waals surface area contributed by atoms with Crippen molar-refractivity contribution < 1.29 is 22.8 Å². The van der Waals surface area contributed by atoms with E-state index in [1.54, 1.807) is 7.05 Å². The summed E-state index contributed by atoms with van der Waals surface area (Å²) < 4.78 is 42.0. The molecule has 0 radical (unpaired) electrons. The molecule has 3 aromatic rings. The van der Waals surface area contributed by atoms with Crippen LogP contribution >= 0.6 is 0 Å². The lowest BCUT2D eigenvalue weighted by Gasteiger charge is -2.25. The average molecular weight is 527 g/mol. The molecule has 1 atom stereocenters. The number of benzene rings is 2. The zero-order chi connectivity index (χ0) is 27.4. The number of nitrogens with zero attached hydrogens (tertiary/aromatic N) is 4. The number of aromatic nitrogens is 2. The number of alkyl halides is 3. The molecule has 1 heterocycles. The summed E-state index contributed by atoms with van der Waals surface area (Å²) in [4.78, 5) is 30.3. The third kappa shape index (κ3) is 6.26. The molecule has 1 aliphatic carbocycles. The van der Waals surface area contributed by atoms with Crippen molar-refractivity contribution in [2.75, 3.05) is 30.9 Å². The van der Waals surface area contributed by atoms with Gasteiger partial charge >= 0.3 is 6.18 Å². The number of Topliss-reactive ketones (excluding diaryl/α,β-unsaturated/α-hetero) is 1. The quantitative estimate of drug-likeness (QED) is 0.378. The molecule has 0 saturated heterocycles. The van der Waals surface area contributed by atoms with Gasteiger partial charge in [0.2, 0.25) is 5.91 Å². The van der Waals surface area contributed by atoms with Crippen molar-refractivity contribution in [3.63, 3.8) is 0 Å². The fourth-order valence-corrected chi connectivity index (χ4v) is 5.06. The van der Waals surface area contributed by atoms with E-state index < -0.39 is 17.8 Å². The van der Waals surface area contributed by atoms with Gasteiger partial charge in [-0.3, -0.25) is 14.3 Å². The van der Waals surface area contributed by atoms with Gasteiger partial charge in [0, 0.05) is 56.1 Å². The number of rotatable bonds is 9. The predicted octanol–water partition coefficient (Wildman–Crippen LogP) is 5.33. The summed E-state index contributed by atoms with van der Waals surface area (Å²) >= 11 is 0. The number of halogens is 3. The number of fused-ring (bicyclic) bond motifs is 1. The second kappa shape index (κ2) is 11.4. The van der Waals surface area contributed by atoms with Gasteiger partial charge in [0.15, 0.2) is 11.5 Å². The Morgan fingerprint density at radius 3 is 2.21 bits per heavy atom. The first-order valence-corrected chi connectivity index (χ1v) is 12.8.